The molecule has 1 amide bonds. The SMILES string of the molecule is CCNC(=NCCC(=O)Nc1cccc(Cl)c1C)NCCc1ccc(Cl)nc1. The molecule has 0 spiro atoms. The lowest BCUT2D eigenvalue weighted by Gasteiger charge is -2.12. The number of aromatic nitrogens is 1. The van der Waals surface area contributed by atoms with Gasteiger partial charge in [-0.1, -0.05) is 35.3 Å². The van der Waals surface area contributed by atoms with E-state index < -0.39 is 0 Å². The Morgan fingerprint density at radius 2 is 2.00 bits per heavy atom. The number of hydrogen-bond acceptors (Lipinski definition) is 3. The fourth-order valence-corrected chi connectivity index (χ4v) is 2.73. The van der Waals surface area contributed by atoms with E-state index in [1.807, 2.05) is 32.0 Å². The number of guanidine groups is 1. The van der Waals surface area contributed by atoms with Crippen LogP contribution in [-0.4, -0.2) is 36.5 Å². The van der Waals surface area contributed by atoms with Crippen LogP contribution in [0.5, 0.6) is 0 Å². The highest BCUT2D eigenvalue weighted by Gasteiger charge is 2.07. The van der Waals surface area contributed by atoms with Gasteiger partial charge in [-0.15, -0.1) is 0 Å². The minimum absolute atomic E-state index is 0.0998. The van der Waals surface area contributed by atoms with Crippen molar-refractivity contribution >= 4 is 40.8 Å². The second-order valence-electron chi connectivity index (χ2n) is 6.14. The molecule has 1 aromatic heterocycles. The van der Waals surface area contributed by atoms with E-state index in [4.69, 9.17) is 23.2 Å². The van der Waals surface area contributed by atoms with E-state index >= 15 is 0 Å². The van der Waals surface area contributed by atoms with Crippen molar-refractivity contribution in [2.24, 2.45) is 4.99 Å². The van der Waals surface area contributed by atoms with Gasteiger partial charge in [0.1, 0.15) is 5.15 Å². The number of nitrogens with one attached hydrogen (secondary N) is 3. The van der Waals surface area contributed by atoms with Gasteiger partial charge in [0.15, 0.2) is 5.96 Å². The third-order valence-electron chi connectivity index (χ3n) is 3.99. The largest absolute Gasteiger partial charge is 0.357 e. The minimum atomic E-state index is -0.0998. The summed E-state index contributed by atoms with van der Waals surface area (Å²) in [5.41, 5.74) is 2.67. The third-order valence-corrected chi connectivity index (χ3v) is 4.62. The van der Waals surface area contributed by atoms with Gasteiger partial charge in [0.2, 0.25) is 5.91 Å². The molecule has 1 aromatic carbocycles. The molecule has 0 saturated heterocycles. The van der Waals surface area contributed by atoms with Gasteiger partial charge in [-0.3, -0.25) is 9.79 Å². The average molecular weight is 422 g/mol. The summed E-state index contributed by atoms with van der Waals surface area (Å²) in [4.78, 5) is 20.7. The number of amides is 1. The second kappa shape index (κ2) is 11.5. The maximum Gasteiger partial charge on any atom is 0.226 e. The molecular formula is C20H25Cl2N5O. The van der Waals surface area contributed by atoms with E-state index in [0.29, 0.717) is 29.2 Å². The Hall–Kier alpha value is -2.31. The van der Waals surface area contributed by atoms with Gasteiger partial charge in [0.25, 0.3) is 0 Å². The molecule has 3 N–H and O–H groups in total. The van der Waals surface area contributed by atoms with Gasteiger partial charge >= 0.3 is 0 Å². The molecule has 0 aliphatic carbocycles. The molecule has 0 bridgehead atoms. The number of benzene rings is 1. The molecule has 0 atom stereocenters. The Bertz CT molecular complexity index is 809. The van der Waals surface area contributed by atoms with Crippen molar-refractivity contribution in [2.75, 3.05) is 25.0 Å². The van der Waals surface area contributed by atoms with Gasteiger partial charge in [-0.2, -0.15) is 0 Å². The van der Waals surface area contributed by atoms with Crippen molar-refractivity contribution < 1.29 is 4.79 Å². The highest BCUT2D eigenvalue weighted by Crippen LogP contribution is 2.22. The number of nitrogens with zero attached hydrogens (tertiary/aromatic N) is 2. The first-order valence-corrected chi connectivity index (χ1v) is 9.92. The van der Waals surface area contributed by atoms with Crippen LogP contribution in [0.15, 0.2) is 41.5 Å². The number of rotatable bonds is 8. The number of pyridine rings is 1. The van der Waals surface area contributed by atoms with Crippen molar-refractivity contribution in [3.05, 3.63) is 57.8 Å². The smallest absolute Gasteiger partial charge is 0.226 e. The average Bonchev–Trinajstić information content (AvgIpc) is 2.67. The van der Waals surface area contributed by atoms with Crippen LogP contribution >= 0.6 is 23.2 Å². The molecule has 28 heavy (non-hydrogen) atoms. The lowest BCUT2D eigenvalue weighted by Crippen LogP contribution is -2.38. The molecule has 0 fully saturated rings. The number of anilines is 1. The molecule has 2 aromatic rings. The molecule has 0 radical (unpaired) electrons. The number of carbonyl (C=O) groups is 1. The molecule has 0 aliphatic rings. The monoisotopic (exact) mass is 421 g/mol. The molecule has 0 aliphatic heterocycles. The summed E-state index contributed by atoms with van der Waals surface area (Å²) in [5.74, 6) is 0.577. The maximum absolute atomic E-state index is 12.2. The van der Waals surface area contributed by atoms with E-state index in [2.05, 4.69) is 25.9 Å². The zero-order valence-electron chi connectivity index (χ0n) is 16.1. The van der Waals surface area contributed by atoms with Crippen LogP contribution in [-0.2, 0) is 11.2 Å². The summed E-state index contributed by atoms with van der Waals surface area (Å²) >= 11 is 11.9. The van der Waals surface area contributed by atoms with Crippen molar-refractivity contribution in [3.63, 3.8) is 0 Å². The summed E-state index contributed by atoms with van der Waals surface area (Å²) in [5, 5.41) is 10.4. The summed E-state index contributed by atoms with van der Waals surface area (Å²) < 4.78 is 0. The number of hydrogen-bond donors (Lipinski definition) is 3. The first kappa shape index (κ1) is 22.0. The standard InChI is InChI=1S/C20H25Cl2N5O/c1-3-23-20(24-11-9-15-7-8-18(22)26-13-15)25-12-10-19(28)27-17-6-4-5-16(21)14(17)2/h4-8,13H,3,9-12H2,1-2H3,(H,27,28)(H2,23,24,25). The van der Waals surface area contributed by atoms with E-state index in [0.717, 1.165) is 29.8 Å². The molecular weight excluding hydrogens is 397 g/mol. The van der Waals surface area contributed by atoms with Crippen molar-refractivity contribution in [3.8, 4) is 0 Å². The zero-order chi connectivity index (χ0) is 20.4. The van der Waals surface area contributed by atoms with Crippen LogP contribution in [0.3, 0.4) is 0 Å². The van der Waals surface area contributed by atoms with Crippen molar-refractivity contribution in [1.29, 1.82) is 0 Å². The van der Waals surface area contributed by atoms with Gasteiger partial charge < -0.3 is 16.0 Å². The molecule has 6 nitrogen and oxygen atoms in total. The first-order valence-electron chi connectivity index (χ1n) is 9.17. The van der Waals surface area contributed by atoms with Crippen LogP contribution in [0.1, 0.15) is 24.5 Å². The summed E-state index contributed by atoms with van der Waals surface area (Å²) in [6.07, 6.45) is 2.84. The normalized spacial score (nSPS) is 11.2. The second-order valence-corrected chi connectivity index (χ2v) is 6.93. The molecule has 0 saturated carbocycles. The topological polar surface area (TPSA) is 78.4 Å². The minimum Gasteiger partial charge on any atom is -0.357 e. The van der Waals surface area contributed by atoms with Gasteiger partial charge in [-0.05, 0) is 49.6 Å². The predicted octanol–water partition coefficient (Wildman–Crippen LogP) is 3.82. The van der Waals surface area contributed by atoms with E-state index in [-0.39, 0.29) is 12.3 Å². The molecule has 8 heteroatoms. The lowest BCUT2D eigenvalue weighted by molar-refractivity contribution is -0.116. The predicted molar refractivity (Wildman–Crippen MR) is 116 cm³/mol. The summed E-state index contributed by atoms with van der Waals surface area (Å²) in [6.45, 7) is 5.68. The number of halogens is 2. The Balaban J connectivity index is 1.80. The van der Waals surface area contributed by atoms with Crippen LogP contribution in [0.2, 0.25) is 10.2 Å². The van der Waals surface area contributed by atoms with Crippen molar-refractivity contribution in [2.45, 2.75) is 26.7 Å². The molecule has 0 unspecified atom stereocenters. The van der Waals surface area contributed by atoms with E-state index in [1.165, 1.54) is 0 Å². The maximum atomic E-state index is 12.2. The van der Waals surface area contributed by atoms with Crippen LogP contribution in [0, 0.1) is 6.92 Å². The fourth-order valence-electron chi connectivity index (χ4n) is 2.45. The lowest BCUT2D eigenvalue weighted by atomic mass is 10.2. The highest BCUT2D eigenvalue weighted by molar-refractivity contribution is 6.31. The van der Waals surface area contributed by atoms with Crippen LogP contribution in [0.25, 0.3) is 0 Å². The quantitative estimate of drug-likeness (QED) is 0.343. The van der Waals surface area contributed by atoms with Crippen LogP contribution < -0.4 is 16.0 Å². The third kappa shape index (κ3) is 7.37. The Morgan fingerprint density at radius 1 is 1.18 bits per heavy atom. The fraction of sp³-hybridized carbons (Fsp3) is 0.350. The zero-order valence-corrected chi connectivity index (χ0v) is 17.6. The molecule has 2 rings (SSSR count). The Morgan fingerprint density at radius 3 is 2.71 bits per heavy atom. The summed E-state index contributed by atoms with van der Waals surface area (Å²) in [7, 11) is 0. The van der Waals surface area contributed by atoms with Gasteiger partial charge in [-0.25, -0.2) is 4.98 Å². The van der Waals surface area contributed by atoms with E-state index in [1.54, 1.807) is 18.3 Å². The van der Waals surface area contributed by atoms with Crippen LogP contribution in [0.4, 0.5) is 5.69 Å². The van der Waals surface area contributed by atoms with Crippen molar-refractivity contribution in [1.82, 2.24) is 15.6 Å². The Labute approximate surface area is 175 Å². The highest BCUT2D eigenvalue weighted by atomic mass is 35.5. The molecule has 1 heterocycles. The summed E-state index contributed by atoms with van der Waals surface area (Å²) in [6, 6.07) is 9.16. The van der Waals surface area contributed by atoms with E-state index in [9.17, 15) is 4.79 Å². The number of aliphatic imine (C=N–C) groups is 1. The molecule has 150 valence electrons. The first-order chi connectivity index (χ1) is 13.5. The van der Waals surface area contributed by atoms with Gasteiger partial charge in [0.05, 0.1) is 6.54 Å². The van der Waals surface area contributed by atoms with Gasteiger partial charge in [0, 0.05) is 36.4 Å². The number of carbonyl (C=O) groups excluding carboxylic acids is 1. The Kier molecular flexibility index (Phi) is 9.04.